The summed E-state index contributed by atoms with van der Waals surface area (Å²) < 4.78 is 31.6. The quantitative estimate of drug-likeness (QED) is 0.499. The molecule has 0 aromatic heterocycles. The topological polar surface area (TPSA) is 101 Å². The molecule has 1 heterocycles. The third kappa shape index (κ3) is 12.8. The molecule has 0 aliphatic carbocycles. The molecule has 0 amide bonds. The maximum Gasteiger partial charge on any atom is 0.394 e. The second-order valence-corrected chi connectivity index (χ2v) is 4.52. The van der Waals surface area contributed by atoms with E-state index in [4.69, 9.17) is 23.3 Å². The van der Waals surface area contributed by atoms with E-state index in [-0.39, 0.29) is 0 Å². The van der Waals surface area contributed by atoms with Gasteiger partial charge in [0.15, 0.2) is 0 Å². The fraction of sp³-hybridized carbons (Fsp3) is 1.00. The second-order valence-electron chi connectivity index (χ2n) is 2.40. The predicted molar refractivity (Wildman–Crippen MR) is 48.7 cm³/mol. The van der Waals surface area contributed by atoms with Crippen molar-refractivity contribution in [1.82, 2.24) is 0 Å². The van der Waals surface area contributed by atoms with Crippen LogP contribution in [0.2, 0.25) is 0 Å². The molecule has 0 atom stereocenters. The first-order valence-corrected chi connectivity index (χ1v) is 5.98. The van der Waals surface area contributed by atoms with E-state index in [1.54, 1.807) is 0 Å². The van der Waals surface area contributed by atoms with Gasteiger partial charge in [0.1, 0.15) is 0 Å². The Hall–Kier alpha value is 0.180. The second kappa shape index (κ2) is 5.76. The zero-order valence-corrected chi connectivity index (χ0v) is 8.14. The SMILES string of the molecule is NC1CCSCC1.O=S(=O)(O)O. The number of hydrogen-bond acceptors (Lipinski definition) is 4. The Bertz CT molecular complexity index is 189. The Morgan fingerprint density at radius 1 is 1.25 bits per heavy atom. The van der Waals surface area contributed by atoms with Crippen LogP contribution in [0.25, 0.3) is 0 Å². The van der Waals surface area contributed by atoms with Gasteiger partial charge in [-0.15, -0.1) is 0 Å². The zero-order chi connectivity index (χ0) is 9.61. The summed E-state index contributed by atoms with van der Waals surface area (Å²) in [5.41, 5.74) is 5.62. The van der Waals surface area contributed by atoms with Crippen LogP contribution in [-0.2, 0) is 10.4 Å². The van der Waals surface area contributed by atoms with Crippen molar-refractivity contribution in [2.24, 2.45) is 5.73 Å². The molecule has 0 aromatic carbocycles. The van der Waals surface area contributed by atoms with Gasteiger partial charge in [0.2, 0.25) is 0 Å². The molecule has 1 aliphatic heterocycles. The lowest BCUT2D eigenvalue weighted by Crippen LogP contribution is -2.24. The molecular formula is C5H13NO4S2. The molecule has 4 N–H and O–H groups in total. The Morgan fingerprint density at radius 2 is 1.58 bits per heavy atom. The van der Waals surface area contributed by atoms with E-state index in [0.29, 0.717) is 6.04 Å². The molecule has 74 valence electrons. The first kappa shape index (κ1) is 12.2. The van der Waals surface area contributed by atoms with Crippen molar-refractivity contribution < 1.29 is 17.5 Å². The van der Waals surface area contributed by atoms with Gasteiger partial charge >= 0.3 is 10.4 Å². The molecule has 5 nitrogen and oxygen atoms in total. The standard InChI is InChI=1S/C5H11NS.H2O4S/c6-5-1-3-7-4-2-5;1-5(2,3)4/h5H,1-4,6H2;(H2,1,2,3,4). The van der Waals surface area contributed by atoms with Crippen LogP contribution in [0, 0.1) is 0 Å². The van der Waals surface area contributed by atoms with E-state index >= 15 is 0 Å². The molecule has 0 bridgehead atoms. The van der Waals surface area contributed by atoms with Crippen molar-refractivity contribution >= 4 is 22.2 Å². The lowest BCUT2D eigenvalue weighted by atomic mass is 10.2. The minimum Gasteiger partial charge on any atom is -0.328 e. The molecule has 7 heteroatoms. The Labute approximate surface area is 76.3 Å². The summed E-state index contributed by atoms with van der Waals surface area (Å²) in [6.07, 6.45) is 2.45. The lowest BCUT2D eigenvalue weighted by molar-refractivity contribution is 0.381. The van der Waals surface area contributed by atoms with Crippen molar-refractivity contribution in [3.8, 4) is 0 Å². The van der Waals surface area contributed by atoms with Gasteiger partial charge in [0.05, 0.1) is 0 Å². The molecule has 1 aliphatic rings. The maximum atomic E-state index is 8.74. The summed E-state index contributed by atoms with van der Waals surface area (Å²) in [7, 11) is -4.67. The lowest BCUT2D eigenvalue weighted by Gasteiger charge is -2.15. The first-order valence-electron chi connectivity index (χ1n) is 3.43. The van der Waals surface area contributed by atoms with Gasteiger partial charge in [-0.2, -0.15) is 20.2 Å². The van der Waals surface area contributed by atoms with E-state index in [2.05, 4.69) is 0 Å². The Balaban J connectivity index is 0.000000217. The van der Waals surface area contributed by atoms with Crippen molar-refractivity contribution in [1.29, 1.82) is 0 Å². The van der Waals surface area contributed by atoms with Crippen molar-refractivity contribution in [3.63, 3.8) is 0 Å². The van der Waals surface area contributed by atoms with Crippen LogP contribution in [0.4, 0.5) is 0 Å². The largest absolute Gasteiger partial charge is 0.394 e. The van der Waals surface area contributed by atoms with Crippen LogP contribution in [0.5, 0.6) is 0 Å². The van der Waals surface area contributed by atoms with Crippen LogP contribution in [0.1, 0.15) is 12.8 Å². The fourth-order valence-corrected chi connectivity index (χ4v) is 1.86. The molecule has 1 rings (SSSR count). The van der Waals surface area contributed by atoms with Gasteiger partial charge < -0.3 is 5.73 Å². The molecular weight excluding hydrogens is 202 g/mol. The van der Waals surface area contributed by atoms with Gasteiger partial charge in [0.25, 0.3) is 0 Å². The molecule has 0 aromatic rings. The smallest absolute Gasteiger partial charge is 0.328 e. The summed E-state index contributed by atoms with van der Waals surface area (Å²) in [4.78, 5) is 0. The third-order valence-electron chi connectivity index (χ3n) is 1.27. The molecule has 0 radical (unpaired) electrons. The van der Waals surface area contributed by atoms with Gasteiger partial charge in [-0.25, -0.2) is 0 Å². The molecule has 1 saturated heterocycles. The zero-order valence-electron chi connectivity index (χ0n) is 6.51. The number of nitrogens with two attached hydrogens (primary N) is 1. The highest BCUT2D eigenvalue weighted by Gasteiger charge is 2.06. The number of thioether (sulfide) groups is 1. The Morgan fingerprint density at radius 3 is 1.75 bits per heavy atom. The van der Waals surface area contributed by atoms with Gasteiger partial charge in [-0.3, -0.25) is 9.11 Å². The highest BCUT2D eigenvalue weighted by Crippen LogP contribution is 2.14. The summed E-state index contributed by atoms with van der Waals surface area (Å²) in [6, 6.07) is 0.515. The maximum absolute atomic E-state index is 8.74. The fourth-order valence-electron chi connectivity index (χ4n) is 0.716. The summed E-state index contributed by atoms with van der Waals surface area (Å²) >= 11 is 2.02. The highest BCUT2D eigenvalue weighted by molar-refractivity contribution is 7.99. The van der Waals surface area contributed by atoms with Gasteiger partial charge in [0, 0.05) is 6.04 Å². The van der Waals surface area contributed by atoms with Crippen LogP contribution in [-0.4, -0.2) is 35.1 Å². The average molecular weight is 215 g/mol. The third-order valence-corrected chi connectivity index (χ3v) is 2.31. The van der Waals surface area contributed by atoms with Gasteiger partial charge in [-0.1, -0.05) is 0 Å². The average Bonchev–Trinajstić information content (AvgIpc) is 1.85. The summed E-state index contributed by atoms with van der Waals surface area (Å²) in [5.74, 6) is 2.56. The summed E-state index contributed by atoms with van der Waals surface area (Å²) in [6.45, 7) is 0. The normalized spacial score (nSPS) is 19.6. The number of rotatable bonds is 0. The van der Waals surface area contributed by atoms with E-state index < -0.39 is 10.4 Å². The van der Waals surface area contributed by atoms with E-state index in [1.165, 1.54) is 24.3 Å². The van der Waals surface area contributed by atoms with Crippen molar-refractivity contribution in [2.45, 2.75) is 18.9 Å². The monoisotopic (exact) mass is 215 g/mol. The van der Waals surface area contributed by atoms with Crippen molar-refractivity contribution in [2.75, 3.05) is 11.5 Å². The molecule has 0 unspecified atom stereocenters. The molecule has 12 heavy (non-hydrogen) atoms. The predicted octanol–water partition coefficient (Wildman–Crippen LogP) is 0.188. The van der Waals surface area contributed by atoms with Crippen molar-refractivity contribution in [3.05, 3.63) is 0 Å². The van der Waals surface area contributed by atoms with E-state index in [0.717, 1.165) is 0 Å². The molecule has 1 fully saturated rings. The van der Waals surface area contributed by atoms with Crippen LogP contribution in [0.3, 0.4) is 0 Å². The number of hydrogen-bond donors (Lipinski definition) is 3. The first-order chi connectivity index (χ1) is 5.39. The summed E-state index contributed by atoms with van der Waals surface area (Å²) in [5, 5.41) is 0. The van der Waals surface area contributed by atoms with Crippen LogP contribution >= 0.6 is 11.8 Å². The van der Waals surface area contributed by atoms with E-state index in [9.17, 15) is 0 Å². The van der Waals surface area contributed by atoms with E-state index in [1.807, 2.05) is 11.8 Å². The minimum atomic E-state index is -4.67. The minimum absolute atomic E-state index is 0.515. The van der Waals surface area contributed by atoms with Crippen LogP contribution < -0.4 is 5.73 Å². The molecule has 0 spiro atoms. The van der Waals surface area contributed by atoms with Gasteiger partial charge in [-0.05, 0) is 24.3 Å². The Kier molecular flexibility index (Phi) is 5.85. The highest BCUT2D eigenvalue weighted by atomic mass is 32.3. The molecule has 0 saturated carbocycles. The van der Waals surface area contributed by atoms with Crippen LogP contribution in [0.15, 0.2) is 0 Å².